The van der Waals surface area contributed by atoms with Crippen molar-refractivity contribution in [3.63, 3.8) is 0 Å². The molecule has 28 heavy (non-hydrogen) atoms. The lowest BCUT2D eigenvalue weighted by molar-refractivity contribution is -0.121. The number of carbonyl (C=O) groups is 1. The molecule has 0 fully saturated rings. The molecule has 1 atom stereocenters. The van der Waals surface area contributed by atoms with Crippen LogP contribution in [0.4, 0.5) is 4.39 Å². The summed E-state index contributed by atoms with van der Waals surface area (Å²) in [7, 11) is 3.75. The van der Waals surface area contributed by atoms with E-state index in [1.54, 1.807) is 10.6 Å². The molecule has 3 rings (SSSR count). The number of carbonyl (C=O) groups excluding carboxylic acids is 1. The van der Waals surface area contributed by atoms with Crippen LogP contribution in [0.25, 0.3) is 11.0 Å². The Morgan fingerprint density at radius 3 is 2.39 bits per heavy atom. The first kappa shape index (κ1) is 19.8. The Morgan fingerprint density at radius 2 is 1.79 bits per heavy atom. The van der Waals surface area contributed by atoms with Crippen LogP contribution >= 0.6 is 0 Å². The average Bonchev–Trinajstić information content (AvgIpc) is 2.93. The number of aromatic nitrogens is 2. The van der Waals surface area contributed by atoms with Crippen molar-refractivity contribution in [3.05, 3.63) is 70.4 Å². The van der Waals surface area contributed by atoms with Crippen LogP contribution in [0, 0.1) is 5.82 Å². The number of halogens is 1. The molecule has 1 heterocycles. The number of amides is 1. The summed E-state index contributed by atoms with van der Waals surface area (Å²) in [6.45, 7) is 2.70. The van der Waals surface area contributed by atoms with Crippen molar-refractivity contribution in [2.45, 2.75) is 26.1 Å². The quantitative estimate of drug-likeness (QED) is 0.680. The van der Waals surface area contributed by atoms with Crippen LogP contribution in [0.2, 0.25) is 0 Å². The Bertz CT molecular complexity index is 1040. The highest BCUT2D eigenvalue weighted by Crippen LogP contribution is 2.18. The van der Waals surface area contributed by atoms with Crippen molar-refractivity contribution >= 4 is 16.9 Å². The molecule has 148 valence electrons. The molecule has 2 aromatic carbocycles. The van der Waals surface area contributed by atoms with Crippen LogP contribution in [0.5, 0.6) is 0 Å². The second-order valence-electron chi connectivity index (χ2n) is 6.94. The smallest absolute Gasteiger partial charge is 0.329 e. The lowest BCUT2D eigenvalue weighted by atomic mass is 10.1. The summed E-state index contributed by atoms with van der Waals surface area (Å²) in [6, 6.07) is 13.6. The standard InChI is InChI=1S/C21H25FN4O2/c1-4-25-17-10-5-6-11-18(17)26(21(25)28)14-20(27)23-13-19(24(2)3)15-8-7-9-16(22)12-15/h5-12,19H,4,13-14H2,1-3H3,(H,23,27). The van der Waals surface area contributed by atoms with Gasteiger partial charge in [-0.2, -0.15) is 0 Å². The van der Waals surface area contributed by atoms with Gasteiger partial charge in [0.15, 0.2) is 0 Å². The fourth-order valence-corrected chi connectivity index (χ4v) is 3.45. The van der Waals surface area contributed by atoms with Crippen molar-refractivity contribution in [2.24, 2.45) is 0 Å². The minimum Gasteiger partial charge on any atom is -0.353 e. The Hall–Kier alpha value is -2.93. The van der Waals surface area contributed by atoms with E-state index in [0.717, 1.165) is 16.6 Å². The molecule has 7 heteroatoms. The highest BCUT2D eigenvalue weighted by Gasteiger charge is 2.18. The first-order chi connectivity index (χ1) is 13.4. The minimum atomic E-state index is -0.311. The fraction of sp³-hybridized carbons (Fsp3) is 0.333. The van der Waals surface area contributed by atoms with Crippen molar-refractivity contribution in [1.82, 2.24) is 19.4 Å². The Kier molecular flexibility index (Phi) is 5.94. The molecule has 0 radical (unpaired) electrons. The summed E-state index contributed by atoms with van der Waals surface area (Å²) in [5, 5.41) is 2.88. The molecule has 1 amide bonds. The van der Waals surface area contributed by atoms with Gasteiger partial charge in [0.2, 0.25) is 5.91 Å². The summed E-state index contributed by atoms with van der Waals surface area (Å²) in [6.07, 6.45) is 0. The van der Waals surface area contributed by atoms with Crippen molar-refractivity contribution in [3.8, 4) is 0 Å². The molecule has 6 nitrogen and oxygen atoms in total. The molecular weight excluding hydrogens is 359 g/mol. The predicted molar refractivity (Wildman–Crippen MR) is 108 cm³/mol. The second-order valence-corrected chi connectivity index (χ2v) is 6.94. The topological polar surface area (TPSA) is 59.3 Å². The van der Waals surface area contributed by atoms with Crippen LogP contribution in [0.15, 0.2) is 53.3 Å². The third kappa shape index (κ3) is 3.99. The van der Waals surface area contributed by atoms with Crippen molar-refractivity contribution < 1.29 is 9.18 Å². The molecule has 0 aliphatic carbocycles. The number of rotatable bonds is 7. The summed E-state index contributed by atoms with van der Waals surface area (Å²) >= 11 is 0. The van der Waals surface area contributed by atoms with Gasteiger partial charge in [-0.3, -0.25) is 13.9 Å². The molecule has 1 aromatic heterocycles. The van der Waals surface area contributed by atoms with Gasteiger partial charge in [0.1, 0.15) is 12.4 Å². The molecule has 0 aliphatic rings. The summed E-state index contributed by atoms with van der Waals surface area (Å²) < 4.78 is 16.7. The third-order valence-corrected chi connectivity index (χ3v) is 4.89. The normalized spacial score (nSPS) is 12.5. The lowest BCUT2D eigenvalue weighted by Gasteiger charge is -2.25. The fourth-order valence-electron chi connectivity index (χ4n) is 3.45. The SMILES string of the molecule is CCn1c(=O)n(CC(=O)NCC(c2cccc(F)c2)N(C)C)c2ccccc21. The molecule has 0 saturated carbocycles. The van der Waals surface area contributed by atoms with Gasteiger partial charge in [-0.15, -0.1) is 0 Å². The van der Waals surface area contributed by atoms with Crippen molar-refractivity contribution in [2.75, 3.05) is 20.6 Å². The maximum Gasteiger partial charge on any atom is 0.329 e. The number of hydrogen-bond acceptors (Lipinski definition) is 3. The van der Waals surface area contributed by atoms with E-state index in [4.69, 9.17) is 0 Å². The van der Waals surface area contributed by atoms with E-state index in [-0.39, 0.29) is 30.0 Å². The molecule has 0 aliphatic heterocycles. The monoisotopic (exact) mass is 384 g/mol. The number of benzene rings is 2. The average molecular weight is 384 g/mol. The van der Waals surface area contributed by atoms with Gasteiger partial charge in [-0.1, -0.05) is 24.3 Å². The van der Waals surface area contributed by atoms with E-state index in [1.165, 1.54) is 16.7 Å². The second kappa shape index (κ2) is 8.39. The van der Waals surface area contributed by atoms with Gasteiger partial charge in [-0.05, 0) is 50.8 Å². The van der Waals surface area contributed by atoms with Gasteiger partial charge in [0.25, 0.3) is 0 Å². The Balaban J connectivity index is 1.76. The van der Waals surface area contributed by atoms with Gasteiger partial charge in [0.05, 0.1) is 17.1 Å². The zero-order valence-corrected chi connectivity index (χ0v) is 16.4. The maximum atomic E-state index is 13.6. The number of para-hydroxylation sites is 2. The number of imidazole rings is 1. The van der Waals surface area contributed by atoms with Crippen LogP contribution in [0.3, 0.4) is 0 Å². The minimum absolute atomic E-state index is 0.0599. The Labute approximate surface area is 163 Å². The first-order valence-corrected chi connectivity index (χ1v) is 9.29. The molecule has 0 bridgehead atoms. The highest BCUT2D eigenvalue weighted by molar-refractivity contribution is 5.81. The van der Waals surface area contributed by atoms with E-state index < -0.39 is 0 Å². The van der Waals surface area contributed by atoms with Gasteiger partial charge in [-0.25, -0.2) is 9.18 Å². The zero-order valence-electron chi connectivity index (χ0n) is 16.4. The summed E-state index contributed by atoms with van der Waals surface area (Å²) in [4.78, 5) is 27.1. The van der Waals surface area contributed by atoms with Crippen LogP contribution in [0.1, 0.15) is 18.5 Å². The maximum absolute atomic E-state index is 13.6. The number of nitrogens with one attached hydrogen (secondary N) is 1. The van der Waals surface area contributed by atoms with E-state index in [1.807, 2.05) is 56.3 Å². The summed E-state index contributed by atoms with van der Waals surface area (Å²) in [5.74, 6) is -0.570. The lowest BCUT2D eigenvalue weighted by Crippen LogP contribution is -2.38. The van der Waals surface area contributed by atoms with E-state index in [9.17, 15) is 14.0 Å². The highest BCUT2D eigenvalue weighted by atomic mass is 19.1. The summed E-state index contributed by atoms with van der Waals surface area (Å²) in [5.41, 5.74) is 2.13. The number of aryl methyl sites for hydroxylation is 1. The number of hydrogen-bond donors (Lipinski definition) is 1. The van der Waals surface area contributed by atoms with Gasteiger partial charge < -0.3 is 10.2 Å². The van der Waals surface area contributed by atoms with Crippen LogP contribution in [-0.2, 0) is 17.9 Å². The molecule has 0 saturated heterocycles. The van der Waals surface area contributed by atoms with Gasteiger partial charge >= 0.3 is 5.69 Å². The Morgan fingerprint density at radius 1 is 1.11 bits per heavy atom. The van der Waals surface area contributed by atoms with E-state index >= 15 is 0 Å². The molecule has 0 spiro atoms. The van der Waals surface area contributed by atoms with Gasteiger partial charge in [0, 0.05) is 13.1 Å². The third-order valence-electron chi connectivity index (χ3n) is 4.89. The van der Waals surface area contributed by atoms with Crippen LogP contribution in [-0.4, -0.2) is 40.6 Å². The first-order valence-electron chi connectivity index (χ1n) is 9.29. The van der Waals surface area contributed by atoms with E-state index in [2.05, 4.69) is 5.32 Å². The molecular formula is C21H25FN4O2. The van der Waals surface area contributed by atoms with Crippen LogP contribution < -0.4 is 11.0 Å². The predicted octanol–water partition coefficient (Wildman–Crippen LogP) is 2.38. The molecule has 1 N–H and O–H groups in total. The largest absolute Gasteiger partial charge is 0.353 e. The number of fused-ring (bicyclic) bond motifs is 1. The number of nitrogens with zero attached hydrogens (tertiary/aromatic N) is 3. The molecule has 3 aromatic rings. The zero-order chi connectivity index (χ0) is 20.3. The molecule has 1 unspecified atom stereocenters. The van der Waals surface area contributed by atoms with E-state index in [0.29, 0.717) is 13.1 Å². The van der Waals surface area contributed by atoms with Crippen molar-refractivity contribution in [1.29, 1.82) is 0 Å². The number of likely N-dealkylation sites (N-methyl/N-ethyl adjacent to an activating group) is 1.